The number of carbonyl (C=O) groups is 1. The van der Waals surface area contributed by atoms with E-state index >= 15 is 0 Å². The monoisotopic (exact) mass is 355 g/mol. The van der Waals surface area contributed by atoms with Gasteiger partial charge in [0.1, 0.15) is 0 Å². The van der Waals surface area contributed by atoms with Gasteiger partial charge in [0.05, 0.1) is 6.10 Å². The molecule has 0 fully saturated rings. The third-order valence-corrected chi connectivity index (χ3v) is 3.92. The zero-order valence-corrected chi connectivity index (χ0v) is 13.2. The van der Waals surface area contributed by atoms with Crippen LogP contribution in [-0.4, -0.2) is 23.8 Å². The number of rotatable bonds is 5. The van der Waals surface area contributed by atoms with Crippen molar-refractivity contribution in [2.75, 3.05) is 12.8 Å². The minimum Gasteiger partial charge on any atom is -0.444 e. The lowest BCUT2D eigenvalue weighted by molar-refractivity contribution is 0.0888. The molecule has 0 saturated heterocycles. The molecule has 0 radical (unpaired) electrons. The number of carbonyl (C=O) groups excluding carboxylic acids is 1. The van der Waals surface area contributed by atoms with Gasteiger partial charge in [-0.15, -0.1) is 11.8 Å². The summed E-state index contributed by atoms with van der Waals surface area (Å²) < 4.78 is 5.63. The summed E-state index contributed by atoms with van der Waals surface area (Å²) >= 11 is 4.77. The molecule has 1 heterocycles. The van der Waals surface area contributed by atoms with E-state index in [1.165, 1.54) is 0 Å². The van der Waals surface area contributed by atoms with Crippen LogP contribution in [0.2, 0.25) is 0 Å². The van der Waals surface area contributed by atoms with Crippen LogP contribution in [0.4, 0.5) is 0 Å². The van der Waals surface area contributed by atoms with Crippen molar-refractivity contribution in [1.29, 1.82) is 0 Å². The van der Waals surface area contributed by atoms with Gasteiger partial charge in [0.2, 0.25) is 0 Å². The molecule has 0 unspecified atom stereocenters. The molecule has 0 aliphatic heterocycles. The molecule has 4 nitrogen and oxygen atoms in total. The van der Waals surface area contributed by atoms with E-state index in [4.69, 9.17) is 4.42 Å². The van der Waals surface area contributed by atoms with Crippen LogP contribution in [0.3, 0.4) is 0 Å². The Balaban J connectivity index is 1.91. The lowest BCUT2D eigenvalue weighted by Crippen LogP contribution is -2.28. The Morgan fingerprint density at radius 1 is 1.35 bits per heavy atom. The lowest BCUT2D eigenvalue weighted by Gasteiger charge is -2.12. The first kappa shape index (κ1) is 15.2. The standard InChI is InChI=1S/C14H14BrNO3S/c1-20-10-4-2-9(3-5-10)11(17)8-16-14(18)12-6-7-13(15)19-12/h2-7,11,17H,8H2,1H3,(H,16,18)/t11-/m1/s1. The van der Waals surface area contributed by atoms with Gasteiger partial charge in [0.25, 0.3) is 5.91 Å². The minimum absolute atomic E-state index is 0.135. The number of thioether (sulfide) groups is 1. The molecule has 0 aliphatic rings. The molecule has 1 aromatic heterocycles. The molecule has 0 aliphatic carbocycles. The van der Waals surface area contributed by atoms with E-state index in [9.17, 15) is 9.90 Å². The average molecular weight is 356 g/mol. The zero-order chi connectivity index (χ0) is 14.5. The van der Waals surface area contributed by atoms with E-state index in [1.54, 1.807) is 23.9 Å². The van der Waals surface area contributed by atoms with E-state index in [0.29, 0.717) is 4.67 Å². The quantitative estimate of drug-likeness (QED) is 0.808. The molecule has 1 aromatic carbocycles. The molecule has 6 heteroatoms. The third kappa shape index (κ3) is 3.88. The van der Waals surface area contributed by atoms with Crippen LogP contribution in [0.15, 0.2) is 50.4 Å². The van der Waals surface area contributed by atoms with Gasteiger partial charge in [-0.25, -0.2) is 0 Å². The highest BCUT2D eigenvalue weighted by Crippen LogP contribution is 2.19. The third-order valence-electron chi connectivity index (χ3n) is 2.75. The van der Waals surface area contributed by atoms with Gasteiger partial charge in [-0.05, 0) is 52.0 Å². The van der Waals surface area contributed by atoms with Crippen molar-refractivity contribution in [2.24, 2.45) is 0 Å². The molecular weight excluding hydrogens is 342 g/mol. The molecule has 1 atom stereocenters. The first-order chi connectivity index (χ1) is 9.60. The maximum absolute atomic E-state index is 11.8. The van der Waals surface area contributed by atoms with E-state index in [2.05, 4.69) is 21.2 Å². The molecular formula is C14H14BrNO3S. The first-order valence-electron chi connectivity index (χ1n) is 5.95. The maximum atomic E-state index is 11.8. The number of halogens is 1. The van der Waals surface area contributed by atoms with Gasteiger partial charge >= 0.3 is 0 Å². The SMILES string of the molecule is CSc1ccc([C@H](O)CNC(=O)c2ccc(Br)o2)cc1. The number of aliphatic hydroxyl groups excluding tert-OH is 1. The van der Waals surface area contributed by atoms with Crippen molar-refractivity contribution in [2.45, 2.75) is 11.0 Å². The van der Waals surface area contributed by atoms with Crippen LogP contribution in [0.25, 0.3) is 0 Å². The topological polar surface area (TPSA) is 62.5 Å². The number of amides is 1. The molecule has 2 aromatic rings. The van der Waals surface area contributed by atoms with Crippen LogP contribution in [0.5, 0.6) is 0 Å². The van der Waals surface area contributed by atoms with Crippen LogP contribution >= 0.6 is 27.7 Å². The minimum atomic E-state index is -0.742. The number of furan rings is 1. The van der Waals surface area contributed by atoms with Gasteiger partial charge < -0.3 is 14.8 Å². The summed E-state index contributed by atoms with van der Waals surface area (Å²) in [5.41, 5.74) is 0.767. The van der Waals surface area contributed by atoms with Crippen molar-refractivity contribution in [3.63, 3.8) is 0 Å². The second-order valence-corrected chi connectivity index (χ2v) is 5.76. The highest BCUT2D eigenvalue weighted by molar-refractivity contribution is 9.10. The Kier molecular flexibility index (Phi) is 5.28. The van der Waals surface area contributed by atoms with Crippen molar-refractivity contribution in [3.8, 4) is 0 Å². The van der Waals surface area contributed by atoms with Gasteiger partial charge in [-0.2, -0.15) is 0 Å². The van der Waals surface area contributed by atoms with Gasteiger partial charge in [-0.3, -0.25) is 4.79 Å². The fourth-order valence-corrected chi connectivity index (χ4v) is 2.37. The number of nitrogens with one attached hydrogen (secondary N) is 1. The Bertz CT molecular complexity index is 582. The normalized spacial score (nSPS) is 12.2. The van der Waals surface area contributed by atoms with E-state index < -0.39 is 6.10 Å². The van der Waals surface area contributed by atoms with Crippen molar-refractivity contribution >= 4 is 33.6 Å². The van der Waals surface area contributed by atoms with E-state index in [-0.39, 0.29) is 18.2 Å². The highest BCUT2D eigenvalue weighted by atomic mass is 79.9. The van der Waals surface area contributed by atoms with Crippen LogP contribution < -0.4 is 5.32 Å². The number of benzene rings is 1. The smallest absolute Gasteiger partial charge is 0.287 e. The number of hydrogen-bond donors (Lipinski definition) is 2. The predicted molar refractivity (Wildman–Crippen MR) is 81.9 cm³/mol. The molecule has 20 heavy (non-hydrogen) atoms. The summed E-state index contributed by atoms with van der Waals surface area (Å²) in [6.07, 6.45) is 1.25. The second-order valence-electron chi connectivity index (χ2n) is 4.10. The van der Waals surface area contributed by atoms with Gasteiger partial charge in [0, 0.05) is 11.4 Å². The Labute approximate surface area is 129 Å². The summed E-state index contributed by atoms with van der Waals surface area (Å²) in [6.45, 7) is 0.135. The molecule has 2 N–H and O–H groups in total. The summed E-state index contributed by atoms with van der Waals surface area (Å²) in [7, 11) is 0. The molecule has 1 amide bonds. The fraction of sp³-hybridized carbons (Fsp3) is 0.214. The number of hydrogen-bond acceptors (Lipinski definition) is 4. The molecule has 0 spiro atoms. The Morgan fingerprint density at radius 3 is 2.60 bits per heavy atom. The summed E-state index contributed by atoms with van der Waals surface area (Å²) in [5.74, 6) is -0.141. The lowest BCUT2D eigenvalue weighted by atomic mass is 10.1. The largest absolute Gasteiger partial charge is 0.444 e. The maximum Gasteiger partial charge on any atom is 0.287 e. The molecule has 2 rings (SSSR count). The summed E-state index contributed by atoms with van der Waals surface area (Å²) in [4.78, 5) is 12.9. The summed E-state index contributed by atoms with van der Waals surface area (Å²) in [5, 5.41) is 12.7. The van der Waals surface area contributed by atoms with E-state index in [1.807, 2.05) is 30.5 Å². The Hall–Kier alpha value is -1.24. The fourth-order valence-electron chi connectivity index (χ4n) is 1.66. The van der Waals surface area contributed by atoms with Gasteiger partial charge in [-0.1, -0.05) is 12.1 Å². The van der Waals surface area contributed by atoms with Crippen LogP contribution in [0.1, 0.15) is 22.2 Å². The van der Waals surface area contributed by atoms with Crippen LogP contribution in [-0.2, 0) is 0 Å². The molecule has 0 saturated carbocycles. The molecule has 106 valence electrons. The Morgan fingerprint density at radius 2 is 2.05 bits per heavy atom. The summed E-state index contributed by atoms with van der Waals surface area (Å²) in [6, 6.07) is 10.8. The van der Waals surface area contributed by atoms with Crippen molar-refractivity contribution < 1.29 is 14.3 Å². The van der Waals surface area contributed by atoms with E-state index in [0.717, 1.165) is 10.5 Å². The average Bonchev–Trinajstić information content (AvgIpc) is 2.91. The van der Waals surface area contributed by atoms with Gasteiger partial charge in [0.15, 0.2) is 10.4 Å². The molecule has 0 bridgehead atoms. The number of aliphatic hydroxyl groups is 1. The van der Waals surface area contributed by atoms with Crippen molar-refractivity contribution in [1.82, 2.24) is 5.32 Å². The second kappa shape index (κ2) is 6.97. The first-order valence-corrected chi connectivity index (χ1v) is 7.97. The predicted octanol–water partition coefficient (Wildman–Crippen LogP) is 3.23. The van der Waals surface area contributed by atoms with Crippen LogP contribution in [0, 0.1) is 0 Å². The zero-order valence-electron chi connectivity index (χ0n) is 10.8. The van der Waals surface area contributed by atoms with Crippen molar-refractivity contribution in [3.05, 3.63) is 52.4 Å². The highest BCUT2D eigenvalue weighted by Gasteiger charge is 2.13.